The van der Waals surface area contributed by atoms with Crippen LogP contribution in [0, 0.1) is 10.1 Å². The van der Waals surface area contributed by atoms with Gasteiger partial charge in [0.25, 0.3) is 11.6 Å². The molecule has 3 N–H and O–H groups in total. The molecular formula is C19H16N4O6S2. The summed E-state index contributed by atoms with van der Waals surface area (Å²) in [4.78, 5) is 22.3. The zero-order valence-corrected chi connectivity index (χ0v) is 17.4. The molecule has 12 heteroatoms. The van der Waals surface area contributed by atoms with Crippen LogP contribution in [0.2, 0.25) is 0 Å². The molecule has 0 radical (unpaired) electrons. The SMILES string of the molecule is O=C(NC(=S)Nc1ccc(S(=O)(=O)NCc2ccco2)cc1)c1ccc([N+](=O)[O-])cc1. The lowest BCUT2D eigenvalue weighted by Gasteiger charge is -2.11. The smallest absolute Gasteiger partial charge is 0.269 e. The number of benzene rings is 2. The van der Waals surface area contributed by atoms with E-state index in [1.54, 1.807) is 12.1 Å². The summed E-state index contributed by atoms with van der Waals surface area (Å²) in [7, 11) is -3.73. The molecule has 0 saturated carbocycles. The Morgan fingerprint density at radius 1 is 1.06 bits per heavy atom. The Bertz CT molecular complexity index is 1190. The Hall–Kier alpha value is -3.61. The lowest BCUT2D eigenvalue weighted by molar-refractivity contribution is -0.384. The predicted molar refractivity (Wildman–Crippen MR) is 116 cm³/mol. The van der Waals surface area contributed by atoms with Gasteiger partial charge in [0.15, 0.2) is 5.11 Å². The zero-order chi connectivity index (χ0) is 22.4. The summed E-state index contributed by atoms with van der Waals surface area (Å²) in [5, 5.41) is 15.9. The second-order valence-corrected chi connectivity index (χ2v) is 8.32. The van der Waals surface area contributed by atoms with E-state index in [0.717, 1.165) is 0 Å². The maximum Gasteiger partial charge on any atom is 0.269 e. The van der Waals surface area contributed by atoms with Crippen LogP contribution in [0.1, 0.15) is 16.1 Å². The highest BCUT2D eigenvalue weighted by atomic mass is 32.2. The second-order valence-electron chi connectivity index (χ2n) is 6.14. The second kappa shape index (κ2) is 9.47. The van der Waals surface area contributed by atoms with E-state index < -0.39 is 20.9 Å². The van der Waals surface area contributed by atoms with Crippen LogP contribution < -0.4 is 15.4 Å². The third-order valence-electron chi connectivity index (χ3n) is 4.01. The molecule has 0 atom stereocenters. The van der Waals surface area contributed by atoms with E-state index >= 15 is 0 Å². The molecule has 2 aromatic carbocycles. The number of sulfonamides is 1. The highest BCUT2D eigenvalue weighted by Gasteiger charge is 2.15. The van der Waals surface area contributed by atoms with Gasteiger partial charge in [-0.2, -0.15) is 0 Å². The fraction of sp³-hybridized carbons (Fsp3) is 0.0526. The fourth-order valence-corrected chi connectivity index (χ4v) is 3.66. The van der Waals surface area contributed by atoms with Gasteiger partial charge in [0.1, 0.15) is 5.76 Å². The van der Waals surface area contributed by atoms with Gasteiger partial charge in [-0.15, -0.1) is 0 Å². The van der Waals surface area contributed by atoms with Crippen LogP contribution in [0.5, 0.6) is 0 Å². The van der Waals surface area contributed by atoms with Crippen molar-refractivity contribution in [3.05, 3.63) is 88.4 Å². The van der Waals surface area contributed by atoms with Gasteiger partial charge < -0.3 is 9.73 Å². The van der Waals surface area contributed by atoms with Gasteiger partial charge in [-0.3, -0.25) is 20.2 Å². The molecule has 3 aromatic rings. The van der Waals surface area contributed by atoms with E-state index in [9.17, 15) is 23.3 Å². The number of nitro groups is 1. The molecule has 0 fully saturated rings. The summed E-state index contributed by atoms with van der Waals surface area (Å²) in [6.07, 6.45) is 1.45. The lowest BCUT2D eigenvalue weighted by Crippen LogP contribution is -2.34. The molecule has 0 aliphatic rings. The standard InChI is InChI=1S/C19H16N4O6S2/c24-18(13-3-7-15(8-4-13)23(25)26)22-19(30)21-14-5-9-17(10-6-14)31(27,28)20-12-16-2-1-11-29-16/h1-11,20H,12H2,(H2,21,22,24,30). The molecule has 1 amide bonds. The molecule has 0 aliphatic heterocycles. The summed E-state index contributed by atoms with van der Waals surface area (Å²) in [5.74, 6) is -0.0651. The van der Waals surface area contributed by atoms with Crippen LogP contribution in [0.3, 0.4) is 0 Å². The number of rotatable bonds is 7. The lowest BCUT2D eigenvalue weighted by atomic mass is 10.2. The van der Waals surface area contributed by atoms with Crippen molar-refractivity contribution in [3.8, 4) is 0 Å². The van der Waals surface area contributed by atoms with Gasteiger partial charge in [0.2, 0.25) is 10.0 Å². The molecule has 0 bridgehead atoms. The number of carbonyl (C=O) groups is 1. The quantitative estimate of drug-likeness (QED) is 0.277. The van der Waals surface area contributed by atoms with Crippen molar-refractivity contribution in [1.82, 2.24) is 10.0 Å². The van der Waals surface area contributed by atoms with Crippen LogP contribution in [-0.4, -0.2) is 24.4 Å². The fourth-order valence-electron chi connectivity index (χ4n) is 2.45. The Balaban J connectivity index is 1.56. The Kier molecular flexibility index (Phi) is 6.74. The number of carbonyl (C=O) groups excluding carboxylic acids is 1. The number of nitrogens with zero attached hydrogens (tertiary/aromatic N) is 1. The topological polar surface area (TPSA) is 144 Å². The van der Waals surface area contributed by atoms with Crippen molar-refractivity contribution in [2.45, 2.75) is 11.4 Å². The number of nitrogens with one attached hydrogen (secondary N) is 3. The van der Waals surface area contributed by atoms with E-state index in [1.807, 2.05) is 0 Å². The maximum absolute atomic E-state index is 12.3. The Morgan fingerprint density at radius 2 is 1.74 bits per heavy atom. The maximum atomic E-state index is 12.3. The monoisotopic (exact) mass is 460 g/mol. The first-order valence-corrected chi connectivity index (χ1v) is 10.6. The minimum atomic E-state index is -3.73. The average Bonchev–Trinajstić information content (AvgIpc) is 3.26. The first-order valence-electron chi connectivity index (χ1n) is 8.73. The number of anilines is 1. The molecular weight excluding hydrogens is 444 g/mol. The van der Waals surface area contributed by atoms with E-state index in [4.69, 9.17) is 16.6 Å². The number of nitro benzene ring substituents is 1. The van der Waals surface area contributed by atoms with Gasteiger partial charge in [-0.25, -0.2) is 13.1 Å². The van der Waals surface area contributed by atoms with Crippen LogP contribution in [0.15, 0.2) is 76.2 Å². The molecule has 160 valence electrons. The molecule has 0 unspecified atom stereocenters. The number of hydrogen-bond donors (Lipinski definition) is 3. The van der Waals surface area contributed by atoms with Crippen molar-refractivity contribution >= 4 is 44.6 Å². The summed E-state index contributed by atoms with van der Waals surface area (Å²) < 4.78 is 32.2. The Labute approximate surface area is 182 Å². The van der Waals surface area contributed by atoms with Gasteiger partial charge >= 0.3 is 0 Å². The molecule has 1 aromatic heterocycles. The number of furan rings is 1. The van der Waals surface area contributed by atoms with E-state index in [1.165, 1.54) is 54.8 Å². The zero-order valence-electron chi connectivity index (χ0n) is 15.8. The predicted octanol–water partition coefficient (Wildman–Crippen LogP) is 2.79. The van der Waals surface area contributed by atoms with Crippen LogP contribution in [0.4, 0.5) is 11.4 Å². The largest absolute Gasteiger partial charge is 0.468 e. The van der Waals surface area contributed by atoms with Crippen LogP contribution >= 0.6 is 12.2 Å². The Morgan fingerprint density at radius 3 is 2.32 bits per heavy atom. The summed E-state index contributed by atoms with van der Waals surface area (Å²) in [6.45, 7) is 0.0219. The molecule has 3 rings (SSSR count). The highest BCUT2D eigenvalue weighted by Crippen LogP contribution is 2.15. The third kappa shape index (κ3) is 5.94. The number of hydrogen-bond acceptors (Lipinski definition) is 7. The number of non-ortho nitro benzene ring substituents is 1. The molecule has 31 heavy (non-hydrogen) atoms. The summed E-state index contributed by atoms with van der Waals surface area (Å²) >= 11 is 5.08. The summed E-state index contributed by atoms with van der Waals surface area (Å²) in [6, 6.07) is 14.1. The normalized spacial score (nSPS) is 11.0. The minimum Gasteiger partial charge on any atom is -0.468 e. The molecule has 1 heterocycles. The molecule has 0 aliphatic carbocycles. The first-order chi connectivity index (χ1) is 14.7. The van der Waals surface area contributed by atoms with Gasteiger partial charge in [0.05, 0.1) is 22.6 Å². The van der Waals surface area contributed by atoms with E-state index in [2.05, 4.69) is 15.4 Å². The average molecular weight is 460 g/mol. The number of amides is 1. The van der Waals surface area contributed by atoms with Crippen LogP contribution in [-0.2, 0) is 16.6 Å². The molecule has 10 nitrogen and oxygen atoms in total. The van der Waals surface area contributed by atoms with Crippen LogP contribution in [0.25, 0.3) is 0 Å². The minimum absolute atomic E-state index is 0.0186. The summed E-state index contributed by atoms with van der Waals surface area (Å²) in [5.41, 5.74) is 0.517. The van der Waals surface area contributed by atoms with Gasteiger partial charge in [-0.1, -0.05) is 0 Å². The van der Waals surface area contributed by atoms with Crippen molar-refractivity contribution in [2.75, 3.05) is 5.32 Å². The van der Waals surface area contributed by atoms with E-state index in [0.29, 0.717) is 11.4 Å². The number of thiocarbonyl (C=S) groups is 1. The molecule has 0 spiro atoms. The third-order valence-corrected chi connectivity index (χ3v) is 5.63. The first kappa shape index (κ1) is 22.1. The van der Waals surface area contributed by atoms with Gasteiger partial charge in [0, 0.05) is 23.4 Å². The van der Waals surface area contributed by atoms with Crippen molar-refractivity contribution in [2.24, 2.45) is 0 Å². The van der Waals surface area contributed by atoms with Crippen molar-refractivity contribution in [3.63, 3.8) is 0 Å². The van der Waals surface area contributed by atoms with Gasteiger partial charge in [-0.05, 0) is 60.7 Å². The van der Waals surface area contributed by atoms with Crippen molar-refractivity contribution < 1.29 is 22.6 Å². The van der Waals surface area contributed by atoms with E-state index in [-0.39, 0.29) is 27.8 Å². The molecule has 0 saturated heterocycles. The highest BCUT2D eigenvalue weighted by molar-refractivity contribution is 7.89. The van der Waals surface area contributed by atoms with Crippen molar-refractivity contribution in [1.29, 1.82) is 0 Å².